The molecular formula is C22H22N4O8S2. The Kier molecular flexibility index (Phi) is 8.01. The first-order valence-electron chi connectivity index (χ1n) is 10.1. The highest BCUT2D eigenvalue weighted by molar-refractivity contribution is 7.93. The fraction of sp³-hybridized carbons (Fsp3) is 0.0909. The maximum atomic E-state index is 12.6. The van der Waals surface area contributed by atoms with Gasteiger partial charge in [0.25, 0.3) is 20.0 Å². The smallest absolute Gasteiger partial charge is 0.411 e. The quantitative estimate of drug-likeness (QED) is 0.339. The van der Waals surface area contributed by atoms with Crippen LogP contribution in [0.25, 0.3) is 0 Å². The fourth-order valence-electron chi connectivity index (χ4n) is 2.81. The molecule has 0 saturated carbocycles. The van der Waals surface area contributed by atoms with Crippen LogP contribution in [0.5, 0.6) is 0 Å². The number of rotatable bonds is 8. The lowest BCUT2D eigenvalue weighted by atomic mass is 10.3. The van der Waals surface area contributed by atoms with Gasteiger partial charge in [-0.2, -0.15) is 0 Å². The summed E-state index contributed by atoms with van der Waals surface area (Å²) in [7, 11) is -5.47. The molecule has 0 aromatic heterocycles. The number of hydrogen-bond donors (Lipinski definition) is 4. The van der Waals surface area contributed by atoms with Gasteiger partial charge in [0.2, 0.25) is 0 Å². The van der Waals surface area contributed by atoms with Crippen molar-refractivity contribution in [3.05, 3.63) is 72.8 Å². The standard InChI is InChI=1S/C22H22N4O8S2/c1-33-21(27)23-15-7-11-19(12-8-15)35(29,30)25-17-3-5-18(6-4-17)26-36(31,32)20-13-9-16(10-14-20)24-22(28)34-2/h3-14,25-26H,1-2H3,(H,23,27)(H,24,28). The summed E-state index contributed by atoms with van der Waals surface area (Å²) >= 11 is 0. The molecule has 0 atom stereocenters. The molecule has 190 valence electrons. The lowest BCUT2D eigenvalue weighted by Gasteiger charge is -2.11. The molecule has 0 aliphatic heterocycles. The normalized spacial score (nSPS) is 11.2. The summed E-state index contributed by atoms with van der Waals surface area (Å²) in [6.45, 7) is 0. The van der Waals surface area contributed by atoms with Crippen LogP contribution in [-0.4, -0.2) is 43.2 Å². The topological polar surface area (TPSA) is 169 Å². The summed E-state index contributed by atoms with van der Waals surface area (Å²) < 4.78 is 64.3. The summed E-state index contributed by atoms with van der Waals surface area (Å²) in [6, 6.07) is 16.4. The summed E-state index contributed by atoms with van der Waals surface area (Å²) in [4.78, 5) is 22.4. The second-order valence-electron chi connectivity index (χ2n) is 7.07. The second-order valence-corrected chi connectivity index (χ2v) is 10.4. The van der Waals surface area contributed by atoms with E-state index in [4.69, 9.17) is 0 Å². The van der Waals surface area contributed by atoms with Crippen molar-refractivity contribution >= 4 is 55.0 Å². The molecule has 0 heterocycles. The highest BCUT2D eigenvalue weighted by atomic mass is 32.2. The van der Waals surface area contributed by atoms with Crippen LogP contribution in [0.3, 0.4) is 0 Å². The zero-order valence-electron chi connectivity index (χ0n) is 19.0. The van der Waals surface area contributed by atoms with Crippen molar-refractivity contribution in [2.24, 2.45) is 0 Å². The third-order valence-electron chi connectivity index (χ3n) is 4.58. The average Bonchev–Trinajstić information content (AvgIpc) is 2.85. The molecule has 36 heavy (non-hydrogen) atoms. The second kappa shape index (κ2) is 11.0. The zero-order valence-corrected chi connectivity index (χ0v) is 20.6. The van der Waals surface area contributed by atoms with Gasteiger partial charge in [-0.05, 0) is 72.8 Å². The molecule has 3 aromatic rings. The van der Waals surface area contributed by atoms with Gasteiger partial charge in [0.05, 0.1) is 24.0 Å². The number of methoxy groups -OCH3 is 2. The molecule has 4 N–H and O–H groups in total. The van der Waals surface area contributed by atoms with E-state index in [1.54, 1.807) is 0 Å². The van der Waals surface area contributed by atoms with Crippen molar-refractivity contribution < 1.29 is 35.9 Å². The highest BCUT2D eigenvalue weighted by Crippen LogP contribution is 2.22. The lowest BCUT2D eigenvalue weighted by Crippen LogP contribution is -2.15. The van der Waals surface area contributed by atoms with Crippen LogP contribution in [0.15, 0.2) is 82.6 Å². The Morgan fingerprint density at radius 1 is 0.528 bits per heavy atom. The molecule has 0 radical (unpaired) electrons. The van der Waals surface area contributed by atoms with E-state index in [0.29, 0.717) is 11.4 Å². The van der Waals surface area contributed by atoms with Gasteiger partial charge in [-0.15, -0.1) is 0 Å². The van der Waals surface area contributed by atoms with E-state index in [-0.39, 0.29) is 21.2 Å². The van der Waals surface area contributed by atoms with Crippen LogP contribution in [0.2, 0.25) is 0 Å². The molecule has 3 aromatic carbocycles. The molecule has 0 aliphatic rings. The maximum Gasteiger partial charge on any atom is 0.411 e. The Morgan fingerprint density at radius 3 is 1.08 bits per heavy atom. The van der Waals surface area contributed by atoms with Crippen LogP contribution < -0.4 is 20.1 Å². The summed E-state index contributed by atoms with van der Waals surface area (Å²) in [6.07, 6.45) is -1.38. The minimum absolute atomic E-state index is 0.0483. The summed E-state index contributed by atoms with van der Waals surface area (Å²) in [5.74, 6) is 0. The summed E-state index contributed by atoms with van der Waals surface area (Å²) in [5, 5.41) is 4.83. The van der Waals surface area contributed by atoms with E-state index in [1.807, 2.05) is 0 Å². The molecule has 12 nitrogen and oxygen atoms in total. The van der Waals surface area contributed by atoms with E-state index >= 15 is 0 Å². The molecule has 0 bridgehead atoms. The first-order valence-corrected chi connectivity index (χ1v) is 13.0. The van der Waals surface area contributed by atoms with Crippen molar-refractivity contribution in [2.75, 3.05) is 34.3 Å². The first kappa shape index (κ1) is 26.3. The van der Waals surface area contributed by atoms with Gasteiger partial charge in [-0.1, -0.05) is 0 Å². The monoisotopic (exact) mass is 534 g/mol. The van der Waals surface area contributed by atoms with Gasteiger partial charge in [0, 0.05) is 22.7 Å². The van der Waals surface area contributed by atoms with Crippen LogP contribution in [0, 0.1) is 0 Å². The molecule has 3 rings (SSSR count). The number of carbonyl (C=O) groups excluding carboxylic acids is 2. The maximum absolute atomic E-state index is 12.6. The lowest BCUT2D eigenvalue weighted by molar-refractivity contribution is 0.186. The molecule has 0 aliphatic carbocycles. The first-order chi connectivity index (χ1) is 17.0. The van der Waals surface area contributed by atoms with E-state index in [1.165, 1.54) is 87.0 Å². The summed E-state index contributed by atoms with van der Waals surface area (Å²) in [5.41, 5.74) is 1.11. The van der Waals surface area contributed by atoms with Crippen molar-refractivity contribution in [1.29, 1.82) is 0 Å². The van der Waals surface area contributed by atoms with E-state index < -0.39 is 32.2 Å². The Balaban J connectivity index is 1.66. The largest absolute Gasteiger partial charge is 0.453 e. The number of benzene rings is 3. The predicted octanol–water partition coefficient (Wildman–Crippen LogP) is 3.64. The van der Waals surface area contributed by atoms with Gasteiger partial charge in [-0.25, -0.2) is 26.4 Å². The number of carbonyl (C=O) groups is 2. The Hall–Kier alpha value is -4.30. The number of ether oxygens (including phenoxy) is 2. The molecule has 0 saturated heterocycles. The minimum Gasteiger partial charge on any atom is -0.453 e. The molecule has 0 unspecified atom stereocenters. The predicted molar refractivity (Wildman–Crippen MR) is 133 cm³/mol. The van der Waals surface area contributed by atoms with Crippen LogP contribution in [0.4, 0.5) is 32.3 Å². The van der Waals surface area contributed by atoms with Crippen LogP contribution >= 0.6 is 0 Å². The number of nitrogens with one attached hydrogen (secondary N) is 4. The number of amides is 2. The molecular weight excluding hydrogens is 512 g/mol. The van der Waals surface area contributed by atoms with Gasteiger partial charge in [-0.3, -0.25) is 20.1 Å². The minimum atomic E-state index is -3.94. The Labute approximate surface area is 207 Å². The van der Waals surface area contributed by atoms with E-state index in [9.17, 15) is 26.4 Å². The van der Waals surface area contributed by atoms with Crippen molar-refractivity contribution in [3.63, 3.8) is 0 Å². The highest BCUT2D eigenvalue weighted by Gasteiger charge is 2.17. The van der Waals surface area contributed by atoms with E-state index in [0.717, 1.165) is 0 Å². The SMILES string of the molecule is COC(=O)Nc1ccc(S(=O)(=O)Nc2ccc(NS(=O)(=O)c3ccc(NC(=O)OC)cc3)cc2)cc1. The van der Waals surface area contributed by atoms with Crippen LogP contribution in [-0.2, 0) is 29.5 Å². The van der Waals surface area contributed by atoms with Gasteiger partial charge in [0.1, 0.15) is 0 Å². The van der Waals surface area contributed by atoms with Crippen LogP contribution in [0.1, 0.15) is 0 Å². The molecule has 2 amide bonds. The van der Waals surface area contributed by atoms with Crippen molar-refractivity contribution in [1.82, 2.24) is 0 Å². The van der Waals surface area contributed by atoms with Gasteiger partial charge in [0.15, 0.2) is 0 Å². The molecule has 0 fully saturated rings. The Bertz CT molecular complexity index is 1330. The average molecular weight is 535 g/mol. The fourth-order valence-corrected chi connectivity index (χ4v) is 4.92. The molecule has 14 heteroatoms. The Morgan fingerprint density at radius 2 is 0.806 bits per heavy atom. The van der Waals surface area contributed by atoms with E-state index in [2.05, 4.69) is 29.6 Å². The van der Waals surface area contributed by atoms with Crippen molar-refractivity contribution in [2.45, 2.75) is 9.79 Å². The third kappa shape index (κ3) is 6.86. The third-order valence-corrected chi connectivity index (χ3v) is 7.38. The van der Waals surface area contributed by atoms with Gasteiger partial charge < -0.3 is 9.47 Å². The molecule has 0 spiro atoms. The number of hydrogen-bond acceptors (Lipinski definition) is 8. The zero-order chi connectivity index (χ0) is 26.3. The van der Waals surface area contributed by atoms with Crippen molar-refractivity contribution in [3.8, 4) is 0 Å². The van der Waals surface area contributed by atoms with Gasteiger partial charge >= 0.3 is 12.2 Å². The number of anilines is 4. The number of sulfonamides is 2.